The number of rotatable bonds is 1. The molecule has 1 heterocycles. The summed E-state index contributed by atoms with van der Waals surface area (Å²) in [4.78, 5) is 0. The van der Waals surface area contributed by atoms with Crippen LogP contribution in [0.5, 0.6) is 0 Å². The van der Waals surface area contributed by atoms with Gasteiger partial charge in [0.15, 0.2) is 0 Å². The molecule has 0 unspecified atom stereocenters. The van der Waals surface area contributed by atoms with Crippen molar-refractivity contribution in [3.05, 3.63) is 0 Å². The molecular formula is C10H19NO. The molecule has 0 aromatic carbocycles. The molecule has 70 valence electrons. The third-order valence-electron chi connectivity index (χ3n) is 3.35. The van der Waals surface area contributed by atoms with Crippen LogP contribution in [-0.4, -0.2) is 25.3 Å². The van der Waals surface area contributed by atoms with Crippen LogP contribution in [0.25, 0.3) is 0 Å². The summed E-state index contributed by atoms with van der Waals surface area (Å²) >= 11 is 0. The Balaban J connectivity index is 1.84. The van der Waals surface area contributed by atoms with Crippen molar-refractivity contribution in [1.82, 2.24) is 5.32 Å². The molecule has 0 bridgehead atoms. The van der Waals surface area contributed by atoms with Crippen molar-refractivity contribution in [2.24, 2.45) is 11.8 Å². The normalized spacial score (nSPS) is 41.8. The average Bonchev–Trinajstić information content (AvgIpc) is 2.01. The molecule has 0 aromatic rings. The molecule has 0 atom stereocenters. The van der Waals surface area contributed by atoms with Gasteiger partial charge in [0.25, 0.3) is 0 Å². The second-order valence-electron chi connectivity index (χ2n) is 4.62. The zero-order valence-electron chi connectivity index (χ0n) is 8.10. The van der Waals surface area contributed by atoms with Crippen LogP contribution >= 0.6 is 0 Å². The van der Waals surface area contributed by atoms with Gasteiger partial charge in [0, 0.05) is 13.1 Å². The van der Waals surface area contributed by atoms with Crippen molar-refractivity contribution in [1.29, 1.82) is 0 Å². The lowest BCUT2D eigenvalue weighted by Gasteiger charge is -2.51. The fraction of sp³-hybridized carbons (Fsp3) is 1.00. The highest BCUT2D eigenvalue weighted by molar-refractivity contribution is 4.99. The number of morpholine rings is 1. The smallest absolute Gasteiger partial charge is 0.0812 e. The van der Waals surface area contributed by atoms with Gasteiger partial charge < -0.3 is 10.1 Å². The molecule has 1 aliphatic heterocycles. The van der Waals surface area contributed by atoms with Crippen LogP contribution in [0, 0.1) is 11.8 Å². The highest BCUT2D eigenvalue weighted by atomic mass is 16.5. The lowest BCUT2D eigenvalue weighted by molar-refractivity contribution is -0.150. The second-order valence-corrected chi connectivity index (χ2v) is 4.62. The maximum Gasteiger partial charge on any atom is 0.0812 e. The molecule has 2 nitrogen and oxygen atoms in total. The largest absolute Gasteiger partial charge is 0.372 e. The van der Waals surface area contributed by atoms with E-state index in [4.69, 9.17) is 4.74 Å². The summed E-state index contributed by atoms with van der Waals surface area (Å²) in [5, 5.41) is 3.41. The van der Waals surface area contributed by atoms with Crippen LogP contribution in [-0.2, 0) is 4.74 Å². The summed E-state index contributed by atoms with van der Waals surface area (Å²) in [5.74, 6) is 1.74. The van der Waals surface area contributed by atoms with Crippen LogP contribution in [0.4, 0.5) is 0 Å². The predicted molar refractivity (Wildman–Crippen MR) is 49.1 cm³/mol. The van der Waals surface area contributed by atoms with Crippen molar-refractivity contribution in [3.8, 4) is 0 Å². The van der Waals surface area contributed by atoms with Gasteiger partial charge in [0.2, 0.25) is 0 Å². The molecule has 1 saturated carbocycles. The number of hydrogen-bond acceptors (Lipinski definition) is 2. The van der Waals surface area contributed by atoms with E-state index >= 15 is 0 Å². The Morgan fingerprint density at radius 1 is 1.42 bits per heavy atom. The highest BCUT2D eigenvalue weighted by Gasteiger charge is 2.46. The molecule has 1 aliphatic carbocycles. The van der Waals surface area contributed by atoms with Crippen LogP contribution in [0.1, 0.15) is 26.7 Å². The summed E-state index contributed by atoms with van der Waals surface area (Å²) in [5.41, 5.74) is 0.243. The third kappa shape index (κ3) is 1.38. The van der Waals surface area contributed by atoms with Gasteiger partial charge in [-0.05, 0) is 24.7 Å². The van der Waals surface area contributed by atoms with E-state index in [-0.39, 0.29) is 5.60 Å². The van der Waals surface area contributed by atoms with Gasteiger partial charge >= 0.3 is 0 Å². The third-order valence-corrected chi connectivity index (χ3v) is 3.35. The summed E-state index contributed by atoms with van der Waals surface area (Å²) < 4.78 is 5.82. The fourth-order valence-electron chi connectivity index (χ4n) is 2.34. The minimum Gasteiger partial charge on any atom is -0.372 e. The predicted octanol–water partition coefficient (Wildman–Crippen LogP) is 1.41. The molecule has 1 spiro atoms. The molecule has 0 aromatic heterocycles. The quantitative estimate of drug-likeness (QED) is 0.641. The SMILES string of the molecule is CC(C)C1CC2(CNCCO2)C1. The number of nitrogens with one attached hydrogen (secondary N) is 1. The van der Waals surface area contributed by atoms with Crippen LogP contribution < -0.4 is 5.32 Å². The van der Waals surface area contributed by atoms with Gasteiger partial charge in [-0.3, -0.25) is 0 Å². The van der Waals surface area contributed by atoms with E-state index in [0.29, 0.717) is 0 Å². The van der Waals surface area contributed by atoms with Crippen molar-refractivity contribution in [2.45, 2.75) is 32.3 Å². The first-order chi connectivity index (χ1) is 5.72. The van der Waals surface area contributed by atoms with E-state index in [0.717, 1.165) is 31.5 Å². The molecule has 2 fully saturated rings. The Morgan fingerprint density at radius 3 is 2.67 bits per heavy atom. The molecule has 0 amide bonds. The minimum absolute atomic E-state index is 0.243. The molecule has 12 heavy (non-hydrogen) atoms. The van der Waals surface area contributed by atoms with E-state index in [2.05, 4.69) is 19.2 Å². The van der Waals surface area contributed by atoms with Crippen molar-refractivity contribution < 1.29 is 4.74 Å². The Morgan fingerprint density at radius 2 is 2.17 bits per heavy atom. The standard InChI is InChI=1S/C10H19NO/c1-8(2)9-5-10(6-9)7-11-3-4-12-10/h8-9,11H,3-7H2,1-2H3. The first-order valence-electron chi connectivity index (χ1n) is 5.07. The van der Waals surface area contributed by atoms with Crippen molar-refractivity contribution in [3.63, 3.8) is 0 Å². The van der Waals surface area contributed by atoms with E-state index in [1.54, 1.807) is 0 Å². The summed E-state index contributed by atoms with van der Waals surface area (Å²) in [6, 6.07) is 0. The molecule has 1 N–H and O–H groups in total. The zero-order chi connectivity index (χ0) is 8.60. The second kappa shape index (κ2) is 3.00. The maximum atomic E-state index is 5.82. The average molecular weight is 169 g/mol. The molecule has 2 rings (SSSR count). The van der Waals surface area contributed by atoms with Crippen molar-refractivity contribution in [2.75, 3.05) is 19.7 Å². The van der Waals surface area contributed by atoms with Gasteiger partial charge in [-0.1, -0.05) is 13.8 Å². The zero-order valence-corrected chi connectivity index (χ0v) is 8.10. The summed E-state index contributed by atoms with van der Waals surface area (Å²) in [6.45, 7) is 7.65. The van der Waals surface area contributed by atoms with Gasteiger partial charge in [-0.15, -0.1) is 0 Å². The Bertz CT molecular complexity index is 153. The molecule has 0 radical (unpaired) electrons. The van der Waals surface area contributed by atoms with E-state index < -0.39 is 0 Å². The highest BCUT2D eigenvalue weighted by Crippen LogP contribution is 2.44. The lowest BCUT2D eigenvalue weighted by atomic mass is 9.66. The molecule has 2 aliphatic rings. The van der Waals surface area contributed by atoms with Gasteiger partial charge in [-0.25, -0.2) is 0 Å². The van der Waals surface area contributed by atoms with Crippen LogP contribution in [0.15, 0.2) is 0 Å². The monoisotopic (exact) mass is 169 g/mol. The molecular weight excluding hydrogens is 150 g/mol. The van der Waals surface area contributed by atoms with Gasteiger partial charge in [0.05, 0.1) is 12.2 Å². The molecule has 2 heteroatoms. The van der Waals surface area contributed by atoms with Crippen LogP contribution in [0.3, 0.4) is 0 Å². The maximum absolute atomic E-state index is 5.82. The first kappa shape index (κ1) is 8.52. The van der Waals surface area contributed by atoms with E-state index in [9.17, 15) is 0 Å². The fourth-order valence-corrected chi connectivity index (χ4v) is 2.34. The summed E-state index contributed by atoms with van der Waals surface area (Å²) in [7, 11) is 0. The number of ether oxygens (including phenoxy) is 1. The molecule has 1 saturated heterocycles. The van der Waals surface area contributed by atoms with Crippen molar-refractivity contribution >= 4 is 0 Å². The van der Waals surface area contributed by atoms with Crippen LogP contribution in [0.2, 0.25) is 0 Å². The topological polar surface area (TPSA) is 21.3 Å². The minimum atomic E-state index is 0.243. The van der Waals surface area contributed by atoms with E-state index in [1.165, 1.54) is 12.8 Å². The first-order valence-corrected chi connectivity index (χ1v) is 5.07. The van der Waals surface area contributed by atoms with Gasteiger partial charge in [-0.2, -0.15) is 0 Å². The summed E-state index contributed by atoms with van der Waals surface area (Å²) in [6.07, 6.45) is 2.55. The Labute approximate surface area is 74.7 Å². The van der Waals surface area contributed by atoms with Gasteiger partial charge in [0.1, 0.15) is 0 Å². The lowest BCUT2D eigenvalue weighted by Crippen LogP contribution is -2.58. The van der Waals surface area contributed by atoms with E-state index in [1.807, 2.05) is 0 Å². The Hall–Kier alpha value is -0.0800. The Kier molecular flexibility index (Phi) is 2.13. The number of hydrogen-bond donors (Lipinski definition) is 1.